The van der Waals surface area contributed by atoms with Gasteiger partial charge in [-0.1, -0.05) is 24.3 Å². The molecular weight excluding hydrogens is 228 g/mol. The van der Waals surface area contributed by atoms with Crippen molar-refractivity contribution >= 4 is 5.91 Å². The maximum Gasteiger partial charge on any atom is 0.254 e. The summed E-state index contributed by atoms with van der Waals surface area (Å²) in [6, 6.07) is 7.84. The molecule has 0 bridgehead atoms. The largest absolute Gasteiger partial charge is 0.344 e. The first-order valence-electron chi connectivity index (χ1n) is 5.89. The number of rotatable bonds is 2. The van der Waals surface area contributed by atoms with Gasteiger partial charge >= 0.3 is 0 Å². The van der Waals surface area contributed by atoms with Crippen molar-refractivity contribution in [1.82, 2.24) is 15.5 Å². The zero-order valence-electron chi connectivity index (χ0n) is 9.76. The third kappa shape index (κ3) is 1.78. The lowest BCUT2D eigenvalue weighted by molar-refractivity contribution is 0.0933. The van der Waals surface area contributed by atoms with Crippen LogP contribution in [0.1, 0.15) is 27.5 Å². The molecule has 1 heterocycles. The molecule has 1 aliphatic rings. The number of benzene rings is 1. The second kappa shape index (κ2) is 4.27. The molecule has 5 heteroatoms. The molecule has 18 heavy (non-hydrogen) atoms. The summed E-state index contributed by atoms with van der Waals surface area (Å²) in [5.41, 5.74) is 8.94. The monoisotopic (exact) mass is 242 g/mol. The topological polar surface area (TPSA) is 83.8 Å². The molecule has 0 aliphatic heterocycles. The van der Waals surface area contributed by atoms with Gasteiger partial charge in [0.15, 0.2) is 0 Å². The minimum Gasteiger partial charge on any atom is -0.344 e. The maximum atomic E-state index is 12.0. The van der Waals surface area contributed by atoms with E-state index in [1.54, 1.807) is 6.20 Å². The highest BCUT2D eigenvalue weighted by Gasteiger charge is 2.30. The minimum atomic E-state index is -0.152. The van der Waals surface area contributed by atoms with Gasteiger partial charge in [0.1, 0.15) is 0 Å². The van der Waals surface area contributed by atoms with Crippen molar-refractivity contribution in [3.8, 4) is 0 Å². The average molecular weight is 242 g/mol. The number of amides is 1. The van der Waals surface area contributed by atoms with Crippen molar-refractivity contribution in [1.29, 1.82) is 0 Å². The first-order chi connectivity index (χ1) is 8.75. The molecule has 4 N–H and O–H groups in total. The quantitative estimate of drug-likeness (QED) is 0.727. The average Bonchev–Trinajstić information content (AvgIpc) is 2.98. The zero-order chi connectivity index (χ0) is 12.5. The standard InChI is InChI=1S/C13H14N4O/c14-11-5-8-3-1-2-4-10(8)12(11)17-13(18)9-6-15-16-7-9/h1-4,6-7,11-12H,5,14H2,(H,15,16)(H,17,18). The van der Waals surface area contributed by atoms with E-state index < -0.39 is 0 Å². The normalized spacial score (nSPS) is 21.6. The maximum absolute atomic E-state index is 12.0. The van der Waals surface area contributed by atoms with E-state index in [0.717, 1.165) is 12.0 Å². The van der Waals surface area contributed by atoms with Crippen molar-refractivity contribution in [2.45, 2.75) is 18.5 Å². The van der Waals surface area contributed by atoms with Crippen LogP contribution in [0.15, 0.2) is 36.7 Å². The van der Waals surface area contributed by atoms with E-state index in [0.29, 0.717) is 5.56 Å². The molecule has 92 valence electrons. The molecule has 0 radical (unpaired) electrons. The van der Waals surface area contributed by atoms with Gasteiger partial charge in [-0.25, -0.2) is 0 Å². The van der Waals surface area contributed by atoms with Crippen LogP contribution in [0.2, 0.25) is 0 Å². The SMILES string of the molecule is NC1Cc2ccccc2C1NC(=O)c1cn[nH]c1. The summed E-state index contributed by atoms with van der Waals surface area (Å²) in [7, 11) is 0. The van der Waals surface area contributed by atoms with E-state index in [1.165, 1.54) is 11.8 Å². The van der Waals surface area contributed by atoms with Gasteiger partial charge < -0.3 is 11.1 Å². The molecule has 0 saturated heterocycles. The molecule has 0 saturated carbocycles. The first-order valence-corrected chi connectivity index (χ1v) is 5.89. The second-order valence-electron chi connectivity index (χ2n) is 4.50. The number of hydrogen-bond donors (Lipinski definition) is 3. The molecule has 2 aromatic rings. The van der Waals surface area contributed by atoms with Gasteiger partial charge in [0.25, 0.3) is 5.91 Å². The number of hydrogen-bond acceptors (Lipinski definition) is 3. The molecule has 5 nitrogen and oxygen atoms in total. The Labute approximate surface area is 104 Å². The Bertz CT molecular complexity index is 564. The van der Waals surface area contributed by atoms with Crippen LogP contribution in [0.3, 0.4) is 0 Å². The molecule has 0 spiro atoms. The molecule has 1 aromatic carbocycles. The van der Waals surface area contributed by atoms with Crippen LogP contribution < -0.4 is 11.1 Å². The lowest BCUT2D eigenvalue weighted by atomic mass is 10.1. The number of aromatic amines is 1. The van der Waals surface area contributed by atoms with Crippen molar-refractivity contribution in [3.05, 3.63) is 53.3 Å². The fraction of sp³-hybridized carbons (Fsp3) is 0.231. The van der Waals surface area contributed by atoms with Crippen LogP contribution in [-0.2, 0) is 6.42 Å². The number of aromatic nitrogens is 2. The van der Waals surface area contributed by atoms with Crippen LogP contribution in [0.4, 0.5) is 0 Å². The summed E-state index contributed by atoms with van der Waals surface area (Å²) in [6.07, 6.45) is 3.87. The highest BCUT2D eigenvalue weighted by Crippen LogP contribution is 2.30. The third-order valence-electron chi connectivity index (χ3n) is 3.32. The van der Waals surface area contributed by atoms with Crippen LogP contribution in [0.25, 0.3) is 0 Å². The highest BCUT2D eigenvalue weighted by molar-refractivity contribution is 5.94. The Morgan fingerprint density at radius 2 is 2.28 bits per heavy atom. The van der Waals surface area contributed by atoms with Gasteiger partial charge in [-0.2, -0.15) is 5.10 Å². The Morgan fingerprint density at radius 1 is 1.44 bits per heavy atom. The highest BCUT2D eigenvalue weighted by atomic mass is 16.1. The van der Waals surface area contributed by atoms with Gasteiger partial charge in [-0.3, -0.25) is 9.89 Å². The van der Waals surface area contributed by atoms with E-state index in [9.17, 15) is 4.79 Å². The number of nitrogens with two attached hydrogens (primary N) is 1. The molecule has 1 amide bonds. The lowest BCUT2D eigenvalue weighted by Crippen LogP contribution is -2.38. The molecular formula is C13H14N4O. The smallest absolute Gasteiger partial charge is 0.254 e. The molecule has 2 atom stereocenters. The first kappa shape index (κ1) is 11.0. The predicted molar refractivity (Wildman–Crippen MR) is 66.9 cm³/mol. The van der Waals surface area contributed by atoms with E-state index >= 15 is 0 Å². The molecule has 1 aromatic heterocycles. The van der Waals surface area contributed by atoms with E-state index in [4.69, 9.17) is 5.73 Å². The Kier molecular flexibility index (Phi) is 2.60. The Morgan fingerprint density at radius 3 is 3.06 bits per heavy atom. The van der Waals surface area contributed by atoms with E-state index in [1.807, 2.05) is 18.2 Å². The van der Waals surface area contributed by atoms with Crippen molar-refractivity contribution in [2.75, 3.05) is 0 Å². The fourth-order valence-corrected chi connectivity index (χ4v) is 2.41. The number of nitrogens with one attached hydrogen (secondary N) is 2. The number of nitrogens with zero attached hydrogens (tertiary/aromatic N) is 1. The number of carbonyl (C=O) groups is 1. The van der Waals surface area contributed by atoms with Crippen LogP contribution >= 0.6 is 0 Å². The van der Waals surface area contributed by atoms with Crippen LogP contribution in [-0.4, -0.2) is 22.1 Å². The number of fused-ring (bicyclic) bond motifs is 1. The predicted octanol–water partition coefficient (Wildman–Crippen LogP) is 0.764. The fourth-order valence-electron chi connectivity index (χ4n) is 2.41. The second-order valence-corrected chi connectivity index (χ2v) is 4.50. The number of H-pyrrole nitrogens is 1. The van der Waals surface area contributed by atoms with E-state index in [2.05, 4.69) is 21.6 Å². The van der Waals surface area contributed by atoms with Gasteiger partial charge in [-0.15, -0.1) is 0 Å². The Balaban J connectivity index is 1.83. The van der Waals surface area contributed by atoms with Crippen LogP contribution in [0.5, 0.6) is 0 Å². The Hall–Kier alpha value is -2.14. The molecule has 0 fully saturated rings. The summed E-state index contributed by atoms with van der Waals surface area (Å²) in [5, 5.41) is 9.35. The third-order valence-corrected chi connectivity index (χ3v) is 3.32. The van der Waals surface area contributed by atoms with Crippen LogP contribution in [0, 0.1) is 0 Å². The van der Waals surface area contributed by atoms with Gasteiger partial charge in [0, 0.05) is 12.2 Å². The number of carbonyl (C=O) groups excluding carboxylic acids is 1. The van der Waals surface area contributed by atoms with E-state index in [-0.39, 0.29) is 18.0 Å². The van der Waals surface area contributed by atoms with Gasteiger partial charge in [-0.05, 0) is 17.5 Å². The van der Waals surface area contributed by atoms with Gasteiger partial charge in [0.05, 0.1) is 17.8 Å². The zero-order valence-corrected chi connectivity index (χ0v) is 9.76. The summed E-state index contributed by atoms with van der Waals surface area (Å²) < 4.78 is 0. The summed E-state index contributed by atoms with van der Waals surface area (Å²) >= 11 is 0. The van der Waals surface area contributed by atoms with Crippen molar-refractivity contribution in [2.24, 2.45) is 5.73 Å². The summed E-state index contributed by atoms with van der Waals surface area (Å²) in [5.74, 6) is -0.152. The summed E-state index contributed by atoms with van der Waals surface area (Å²) in [6.45, 7) is 0. The molecule has 2 unspecified atom stereocenters. The molecule has 1 aliphatic carbocycles. The van der Waals surface area contributed by atoms with Crippen molar-refractivity contribution in [3.63, 3.8) is 0 Å². The lowest BCUT2D eigenvalue weighted by Gasteiger charge is -2.18. The van der Waals surface area contributed by atoms with Gasteiger partial charge in [0.2, 0.25) is 0 Å². The molecule has 3 rings (SSSR count). The van der Waals surface area contributed by atoms with Crippen molar-refractivity contribution < 1.29 is 4.79 Å². The summed E-state index contributed by atoms with van der Waals surface area (Å²) in [4.78, 5) is 12.0. The minimum absolute atomic E-state index is 0.0711.